The number of carboxylic acid groups (broad SMARTS) is 1. The zero-order valence-electron chi connectivity index (χ0n) is 14.2. The largest absolute Gasteiger partial charge is 0.480 e. The van der Waals surface area contributed by atoms with Crippen LogP contribution in [0.3, 0.4) is 0 Å². The summed E-state index contributed by atoms with van der Waals surface area (Å²) in [6.07, 6.45) is 2.01. The Bertz CT molecular complexity index is 923. The number of hydrogen-bond acceptors (Lipinski definition) is 2. The van der Waals surface area contributed by atoms with E-state index >= 15 is 0 Å². The number of para-hydroxylation sites is 1. The molecule has 0 radical (unpaired) electrons. The average Bonchev–Trinajstić information content (AvgIpc) is 2.96. The molecule has 5 nitrogen and oxygen atoms in total. The van der Waals surface area contributed by atoms with Crippen LogP contribution in [0.5, 0.6) is 0 Å². The molecule has 0 spiro atoms. The summed E-state index contributed by atoms with van der Waals surface area (Å²) < 4.78 is 0. The molecule has 1 amide bonds. The second-order valence-corrected chi connectivity index (χ2v) is 6.30. The summed E-state index contributed by atoms with van der Waals surface area (Å²) in [6.45, 7) is 3.81. The Morgan fingerprint density at radius 3 is 2.48 bits per heavy atom. The molecule has 1 atom stereocenters. The van der Waals surface area contributed by atoms with Gasteiger partial charge in [0.2, 0.25) is 0 Å². The molecule has 0 aliphatic heterocycles. The van der Waals surface area contributed by atoms with Gasteiger partial charge < -0.3 is 15.4 Å². The lowest BCUT2D eigenvalue weighted by atomic mass is 10.0. The number of H-pyrrole nitrogens is 1. The van der Waals surface area contributed by atoms with Crippen LogP contribution >= 0.6 is 0 Å². The van der Waals surface area contributed by atoms with Crippen LogP contribution in [0.4, 0.5) is 0 Å². The van der Waals surface area contributed by atoms with Gasteiger partial charge in [-0.25, -0.2) is 4.79 Å². The number of fused-ring (bicyclic) bond motifs is 1. The van der Waals surface area contributed by atoms with Crippen LogP contribution < -0.4 is 5.32 Å². The molecule has 2 aromatic carbocycles. The molecule has 128 valence electrons. The van der Waals surface area contributed by atoms with Gasteiger partial charge in [0.25, 0.3) is 5.91 Å². The Labute approximate surface area is 145 Å². The Hall–Kier alpha value is -3.08. The van der Waals surface area contributed by atoms with E-state index in [0.29, 0.717) is 5.56 Å². The van der Waals surface area contributed by atoms with Gasteiger partial charge in [-0.15, -0.1) is 0 Å². The minimum atomic E-state index is -1.05. The molecule has 3 rings (SSSR count). The summed E-state index contributed by atoms with van der Waals surface area (Å²) in [7, 11) is 0. The van der Waals surface area contributed by atoms with Crippen molar-refractivity contribution in [1.82, 2.24) is 10.3 Å². The summed E-state index contributed by atoms with van der Waals surface area (Å²) in [4.78, 5) is 27.2. The SMILES string of the molecule is Cc1cc(C)cc(C(=O)N[C@@H](Cc2c[nH]c3ccccc23)C(=O)O)c1. The maximum atomic E-state index is 12.5. The van der Waals surface area contributed by atoms with Crippen molar-refractivity contribution in [2.75, 3.05) is 0 Å². The van der Waals surface area contributed by atoms with Gasteiger partial charge in [0.15, 0.2) is 0 Å². The molecule has 0 bridgehead atoms. The molecule has 25 heavy (non-hydrogen) atoms. The summed E-state index contributed by atoms with van der Waals surface area (Å²) in [5.41, 5.74) is 4.22. The van der Waals surface area contributed by atoms with Crippen LogP contribution in [0.15, 0.2) is 48.7 Å². The number of aryl methyl sites for hydroxylation is 2. The van der Waals surface area contributed by atoms with Crippen molar-refractivity contribution in [3.8, 4) is 0 Å². The number of rotatable bonds is 5. The lowest BCUT2D eigenvalue weighted by molar-refractivity contribution is -0.139. The van der Waals surface area contributed by atoms with Gasteiger partial charge in [0.1, 0.15) is 6.04 Å². The van der Waals surface area contributed by atoms with Crippen molar-refractivity contribution in [2.24, 2.45) is 0 Å². The summed E-state index contributed by atoms with van der Waals surface area (Å²) in [5, 5.41) is 13.1. The van der Waals surface area contributed by atoms with E-state index in [1.807, 2.05) is 44.2 Å². The van der Waals surface area contributed by atoms with E-state index in [0.717, 1.165) is 27.6 Å². The first-order valence-electron chi connectivity index (χ1n) is 8.11. The van der Waals surface area contributed by atoms with E-state index in [9.17, 15) is 14.7 Å². The fraction of sp³-hybridized carbons (Fsp3) is 0.200. The fourth-order valence-electron chi connectivity index (χ4n) is 3.07. The van der Waals surface area contributed by atoms with E-state index in [2.05, 4.69) is 10.3 Å². The Morgan fingerprint density at radius 2 is 1.80 bits per heavy atom. The van der Waals surface area contributed by atoms with Gasteiger partial charge in [-0.05, 0) is 37.6 Å². The maximum absolute atomic E-state index is 12.5. The predicted molar refractivity (Wildman–Crippen MR) is 96.8 cm³/mol. The molecule has 0 aliphatic carbocycles. The number of nitrogens with one attached hydrogen (secondary N) is 2. The summed E-state index contributed by atoms with van der Waals surface area (Å²) in [5.74, 6) is -1.43. The number of amides is 1. The first-order chi connectivity index (χ1) is 11.9. The summed E-state index contributed by atoms with van der Waals surface area (Å²) in [6, 6.07) is 12.2. The van der Waals surface area contributed by atoms with Gasteiger partial charge >= 0.3 is 5.97 Å². The molecule has 5 heteroatoms. The van der Waals surface area contributed by atoms with Crippen molar-refractivity contribution in [2.45, 2.75) is 26.3 Å². The minimum absolute atomic E-state index is 0.218. The molecule has 0 saturated carbocycles. The van der Waals surface area contributed by atoms with E-state index in [1.54, 1.807) is 18.3 Å². The molecule has 0 saturated heterocycles. The third-order valence-electron chi connectivity index (χ3n) is 4.19. The second-order valence-electron chi connectivity index (χ2n) is 6.30. The van der Waals surface area contributed by atoms with Crippen LogP contribution in [-0.2, 0) is 11.2 Å². The number of hydrogen-bond donors (Lipinski definition) is 3. The second kappa shape index (κ2) is 6.81. The molecule has 3 N–H and O–H groups in total. The number of aromatic amines is 1. The van der Waals surface area contributed by atoms with Gasteiger partial charge in [-0.2, -0.15) is 0 Å². The monoisotopic (exact) mass is 336 g/mol. The van der Waals surface area contributed by atoms with Crippen LogP contribution in [-0.4, -0.2) is 28.0 Å². The van der Waals surface area contributed by atoms with Crippen LogP contribution in [0.2, 0.25) is 0 Å². The molecule has 0 unspecified atom stereocenters. The van der Waals surface area contributed by atoms with Gasteiger partial charge in [-0.3, -0.25) is 4.79 Å². The van der Waals surface area contributed by atoms with Crippen LogP contribution in [0.1, 0.15) is 27.0 Å². The third-order valence-corrected chi connectivity index (χ3v) is 4.19. The normalized spacial score (nSPS) is 12.1. The highest BCUT2D eigenvalue weighted by molar-refractivity contribution is 5.97. The minimum Gasteiger partial charge on any atom is -0.480 e. The molecule has 1 heterocycles. The molecule has 1 aromatic heterocycles. The van der Waals surface area contributed by atoms with Crippen molar-refractivity contribution < 1.29 is 14.7 Å². The van der Waals surface area contributed by atoms with Crippen molar-refractivity contribution in [3.63, 3.8) is 0 Å². The van der Waals surface area contributed by atoms with Gasteiger partial charge in [0.05, 0.1) is 0 Å². The third kappa shape index (κ3) is 3.71. The Balaban J connectivity index is 1.82. The summed E-state index contributed by atoms with van der Waals surface area (Å²) >= 11 is 0. The number of benzene rings is 2. The van der Waals surface area contributed by atoms with Crippen molar-refractivity contribution in [3.05, 3.63) is 70.9 Å². The number of aromatic nitrogens is 1. The fourth-order valence-corrected chi connectivity index (χ4v) is 3.07. The first kappa shape index (κ1) is 16.8. The smallest absolute Gasteiger partial charge is 0.326 e. The molecular weight excluding hydrogens is 316 g/mol. The Morgan fingerprint density at radius 1 is 1.12 bits per heavy atom. The highest BCUT2D eigenvalue weighted by Gasteiger charge is 2.22. The molecule has 0 aliphatic rings. The van der Waals surface area contributed by atoms with Crippen molar-refractivity contribution >= 4 is 22.8 Å². The molecule has 0 fully saturated rings. The van der Waals surface area contributed by atoms with Gasteiger partial charge in [-0.1, -0.05) is 35.4 Å². The van der Waals surface area contributed by atoms with E-state index in [4.69, 9.17) is 0 Å². The highest BCUT2D eigenvalue weighted by Crippen LogP contribution is 2.19. The maximum Gasteiger partial charge on any atom is 0.326 e. The quantitative estimate of drug-likeness (QED) is 0.669. The zero-order chi connectivity index (χ0) is 18.0. The molecular formula is C20H20N2O3. The lowest BCUT2D eigenvalue weighted by Crippen LogP contribution is -2.42. The Kier molecular flexibility index (Phi) is 4.57. The lowest BCUT2D eigenvalue weighted by Gasteiger charge is -2.15. The number of aliphatic carboxylic acids is 1. The van der Waals surface area contributed by atoms with Crippen LogP contribution in [0, 0.1) is 13.8 Å². The van der Waals surface area contributed by atoms with E-state index in [-0.39, 0.29) is 12.3 Å². The average molecular weight is 336 g/mol. The standard InChI is InChI=1S/C20H20N2O3/c1-12-7-13(2)9-14(8-12)19(23)22-18(20(24)25)10-15-11-21-17-6-4-3-5-16(15)17/h3-9,11,18,21H,10H2,1-2H3,(H,22,23)(H,24,25)/t18-/m0/s1. The topological polar surface area (TPSA) is 82.2 Å². The highest BCUT2D eigenvalue weighted by atomic mass is 16.4. The molecule has 3 aromatic rings. The number of carbonyl (C=O) groups excluding carboxylic acids is 1. The zero-order valence-corrected chi connectivity index (χ0v) is 14.2. The predicted octanol–water partition coefficient (Wildman–Crippen LogP) is 3.21. The number of carbonyl (C=O) groups is 2. The van der Waals surface area contributed by atoms with E-state index < -0.39 is 12.0 Å². The first-order valence-corrected chi connectivity index (χ1v) is 8.11. The van der Waals surface area contributed by atoms with E-state index in [1.165, 1.54) is 0 Å². The number of carboxylic acids is 1. The van der Waals surface area contributed by atoms with Crippen molar-refractivity contribution in [1.29, 1.82) is 0 Å². The van der Waals surface area contributed by atoms with Gasteiger partial charge in [0, 0.05) is 29.1 Å². The van der Waals surface area contributed by atoms with Crippen LogP contribution in [0.25, 0.3) is 10.9 Å².